The number of carbonyl (C=O) groups is 1. The van der Waals surface area contributed by atoms with Gasteiger partial charge in [0.05, 0.1) is 12.0 Å². The summed E-state index contributed by atoms with van der Waals surface area (Å²) in [5, 5.41) is 21.1. The highest BCUT2D eigenvalue weighted by molar-refractivity contribution is 9.10. The number of hydrogen-bond donors (Lipinski definition) is 0. The quantitative estimate of drug-likeness (QED) is 0.593. The maximum Gasteiger partial charge on any atom is 0.212 e. The lowest BCUT2D eigenvalue weighted by molar-refractivity contribution is -0.485. The lowest BCUT2D eigenvalue weighted by Gasteiger charge is -2.27. The van der Waals surface area contributed by atoms with Crippen LogP contribution in [0.1, 0.15) is 27.4 Å². The molecule has 0 fully saturated rings. The Morgan fingerprint density at radius 1 is 1.25 bits per heavy atom. The van der Waals surface area contributed by atoms with Crippen molar-refractivity contribution in [1.82, 2.24) is 0 Å². The van der Waals surface area contributed by atoms with Gasteiger partial charge in [0.2, 0.25) is 6.54 Å². The van der Waals surface area contributed by atoms with Gasteiger partial charge in [-0.3, -0.25) is 14.9 Å². The summed E-state index contributed by atoms with van der Waals surface area (Å²) in [5.74, 6) is -1.12. The molecule has 0 saturated heterocycles. The van der Waals surface area contributed by atoms with Crippen molar-refractivity contribution in [3.05, 3.63) is 79.8 Å². The highest BCUT2D eigenvalue weighted by atomic mass is 79.9. The topological polar surface area (TPSA) is 84.0 Å². The summed E-state index contributed by atoms with van der Waals surface area (Å²) in [6.45, 7) is -0.463. The minimum Gasteiger partial charge on any atom is -0.292 e. The van der Waals surface area contributed by atoms with Crippen LogP contribution in [0.4, 0.5) is 0 Å². The molecule has 2 atom stereocenters. The fourth-order valence-corrected chi connectivity index (χ4v) is 3.62. The molecule has 0 heterocycles. The van der Waals surface area contributed by atoms with E-state index in [1.807, 2.05) is 6.07 Å². The Bertz CT molecular complexity index is 857. The molecular formula is C18H13BrN2O3. The van der Waals surface area contributed by atoms with Gasteiger partial charge in [0.1, 0.15) is 5.41 Å². The first-order chi connectivity index (χ1) is 11.5. The maximum absolute atomic E-state index is 13.0. The van der Waals surface area contributed by atoms with E-state index < -0.39 is 22.8 Å². The largest absolute Gasteiger partial charge is 0.292 e. The monoisotopic (exact) mass is 384 g/mol. The zero-order chi connectivity index (χ0) is 17.3. The van der Waals surface area contributed by atoms with E-state index in [9.17, 15) is 20.2 Å². The third-order valence-corrected chi connectivity index (χ3v) is 5.06. The number of nitro groups is 1. The van der Waals surface area contributed by atoms with Crippen LogP contribution in [0.3, 0.4) is 0 Å². The Labute approximate surface area is 147 Å². The summed E-state index contributed by atoms with van der Waals surface area (Å²) in [7, 11) is 0. The highest BCUT2D eigenvalue weighted by Crippen LogP contribution is 2.47. The van der Waals surface area contributed by atoms with E-state index >= 15 is 0 Å². The van der Waals surface area contributed by atoms with Gasteiger partial charge in [0, 0.05) is 21.4 Å². The summed E-state index contributed by atoms with van der Waals surface area (Å²) >= 11 is 3.33. The van der Waals surface area contributed by atoms with Gasteiger partial charge in [0.25, 0.3) is 0 Å². The summed E-state index contributed by atoms with van der Waals surface area (Å²) in [6, 6.07) is 16.1. The summed E-state index contributed by atoms with van der Waals surface area (Å²) in [4.78, 5) is 23.7. The molecule has 0 radical (unpaired) electrons. The molecule has 0 saturated carbocycles. The smallest absolute Gasteiger partial charge is 0.212 e. The molecule has 2 aromatic carbocycles. The van der Waals surface area contributed by atoms with Crippen LogP contribution in [0.2, 0.25) is 0 Å². The van der Waals surface area contributed by atoms with Crippen LogP contribution in [0, 0.1) is 26.9 Å². The van der Waals surface area contributed by atoms with Gasteiger partial charge in [-0.15, -0.1) is 0 Å². The lowest BCUT2D eigenvalue weighted by atomic mass is 9.70. The van der Waals surface area contributed by atoms with Crippen molar-refractivity contribution in [2.75, 3.05) is 6.54 Å². The number of benzene rings is 2. The molecule has 2 aromatic rings. The maximum atomic E-state index is 13.0. The molecule has 24 heavy (non-hydrogen) atoms. The van der Waals surface area contributed by atoms with Crippen molar-refractivity contribution < 1.29 is 9.72 Å². The number of halogens is 1. The van der Waals surface area contributed by atoms with E-state index in [2.05, 4.69) is 22.0 Å². The average molecular weight is 385 g/mol. The van der Waals surface area contributed by atoms with Crippen molar-refractivity contribution in [3.63, 3.8) is 0 Å². The van der Waals surface area contributed by atoms with Crippen LogP contribution in [-0.2, 0) is 6.42 Å². The molecular weight excluding hydrogens is 372 g/mol. The fourth-order valence-electron chi connectivity index (χ4n) is 3.36. The van der Waals surface area contributed by atoms with Crippen LogP contribution >= 0.6 is 15.9 Å². The van der Waals surface area contributed by atoms with Crippen molar-refractivity contribution in [1.29, 1.82) is 5.26 Å². The molecule has 0 amide bonds. The zero-order valence-corrected chi connectivity index (χ0v) is 14.2. The first kappa shape index (κ1) is 16.3. The van der Waals surface area contributed by atoms with Crippen LogP contribution in [-0.4, -0.2) is 17.3 Å². The summed E-state index contributed by atoms with van der Waals surface area (Å²) < 4.78 is 0.832. The molecule has 1 aliphatic rings. The molecule has 120 valence electrons. The predicted octanol–water partition coefficient (Wildman–Crippen LogP) is 3.76. The van der Waals surface area contributed by atoms with Crippen molar-refractivity contribution in [2.24, 2.45) is 5.41 Å². The number of nitriles is 1. The molecule has 0 unspecified atom stereocenters. The first-order valence-electron chi connectivity index (χ1n) is 7.39. The molecule has 0 bridgehead atoms. The van der Waals surface area contributed by atoms with Gasteiger partial charge in [-0.1, -0.05) is 52.3 Å². The molecule has 3 rings (SSSR count). The van der Waals surface area contributed by atoms with E-state index in [0.29, 0.717) is 11.1 Å². The normalized spacial score (nSPS) is 20.2. The van der Waals surface area contributed by atoms with Crippen LogP contribution in [0.5, 0.6) is 0 Å². The number of Topliss-reactive ketones (excluding diaryl/α,β-unsaturated/α-hetero) is 1. The number of ketones is 1. The van der Waals surface area contributed by atoms with E-state index in [1.54, 1.807) is 42.5 Å². The Kier molecular flexibility index (Phi) is 4.20. The Hall–Kier alpha value is -2.52. The minimum absolute atomic E-state index is 0.201. The van der Waals surface area contributed by atoms with Crippen molar-refractivity contribution in [2.45, 2.75) is 12.3 Å². The Morgan fingerprint density at radius 3 is 2.50 bits per heavy atom. The SMILES string of the molecule is N#C[C@]1([C@@H](C[N+](=O)[O-])c2ccc(Br)cc2)Cc2ccccc2C1=O. The average Bonchev–Trinajstić information content (AvgIpc) is 2.87. The number of fused-ring (bicyclic) bond motifs is 1. The third kappa shape index (κ3) is 2.61. The molecule has 1 aliphatic carbocycles. The number of hydrogen-bond acceptors (Lipinski definition) is 4. The second-order valence-electron chi connectivity index (χ2n) is 5.87. The van der Waals surface area contributed by atoms with Gasteiger partial charge < -0.3 is 0 Å². The van der Waals surface area contributed by atoms with Gasteiger partial charge >= 0.3 is 0 Å². The standard InChI is InChI=1S/C18H13BrN2O3/c19-14-7-5-12(6-8-14)16(10-21(23)24)18(11-20)9-13-3-1-2-4-15(13)17(18)22/h1-8,16H,9-10H2/t16-,18-/m0/s1. The molecule has 6 heteroatoms. The molecule has 0 aliphatic heterocycles. The lowest BCUT2D eigenvalue weighted by Crippen LogP contribution is -2.37. The van der Waals surface area contributed by atoms with E-state index in [0.717, 1.165) is 10.0 Å². The first-order valence-corrected chi connectivity index (χ1v) is 8.18. The molecule has 0 spiro atoms. The van der Waals surface area contributed by atoms with E-state index in [1.165, 1.54) is 0 Å². The third-order valence-electron chi connectivity index (χ3n) is 4.53. The van der Waals surface area contributed by atoms with Crippen LogP contribution in [0.25, 0.3) is 0 Å². The van der Waals surface area contributed by atoms with Gasteiger partial charge in [-0.25, -0.2) is 0 Å². The van der Waals surface area contributed by atoms with Gasteiger partial charge in [-0.05, 0) is 23.3 Å². The molecule has 0 N–H and O–H groups in total. The fraction of sp³-hybridized carbons (Fsp3) is 0.222. The van der Waals surface area contributed by atoms with Crippen molar-refractivity contribution >= 4 is 21.7 Å². The Morgan fingerprint density at radius 2 is 1.92 bits per heavy atom. The number of rotatable bonds is 4. The number of carbonyl (C=O) groups excluding carboxylic acids is 1. The molecule has 5 nitrogen and oxygen atoms in total. The van der Waals surface area contributed by atoms with Gasteiger partial charge in [-0.2, -0.15) is 5.26 Å². The van der Waals surface area contributed by atoms with Crippen molar-refractivity contribution in [3.8, 4) is 6.07 Å². The van der Waals surface area contributed by atoms with E-state index in [4.69, 9.17) is 0 Å². The van der Waals surface area contributed by atoms with E-state index in [-0.39, 0.29) is 12.2 Å². The highest BCUT2D eigenvalue weighted by Gasteiger charge is 2.53. The summed E-state index contributed by atoms with van der Waals surface area (Å²) in [6.07, 6.45) is 0.201. The number of nitrogens with zero attached hydrogens (tertiary/aromatic N) is 2. The second kappa shape index (κ2) is 6.17. The predicted molar refractivity (Wildman–Crippen MR) is 91.3 cm³/mol. The van der Waals surface area contributed by atoms with Crippen LogP contribution in [0.15, 0.2) is 53.0 Å². The Balaban J connectivity index is 2.12. The molecule has 0 aromatic heterocycles. The van der Waals surface area contributed by atoms with Crippen LogP contribution < -0.4 is 0 Å². The minimum atomic E-state index is -1.44. The zero-order valence-electron chi connectivity index (χ0n) is 12.6. The second-order valence-corrected chi connectivity index (χ2v) is 6.78. The summed E-state index contributed by atoms with van der Waals surface area (Å²) in [5.41, 5.74) is 0.446. The van der Waals surface area contributed by atoms with Gasteiger partial charge in [0.15, 0.2) is 5.78 Å².